The number of hydrogen-bond acceptors (Lipinski definition) is 12. The maximum absolute atomic E-state index is 12.6. The molecule has 3 amide bonds. The van der Waals surface area contributed by atoms with Gasteiger partial charge in [0.15, 0.2) is 9.84 Å². The zero-order valence-corrected chi connectivity index (χ0v) is 24.2. The average Bonchev–Trinajstić information content (AvgIpc) is 2.90. The number of primary amides is 1. The Hall–Kier alpha value is -4.47. The number of rotatable bonds is 13. The normalized spacial score (nSPS) is 12.1. The van der Waals surface area contributed by atoms with E-state index in [1.54, 1.807) is 0 Å². The minimum absolute atomic E-state index is 0.0952. The van der Waals surface area contributed by atoms with E-state index in [2.05, 4.69) is 30.4 Å². The van der Waals surface area contributed by atoms with Crippen LogP contribution in [0, 0.1) is 0 Å². The Bertz CT molecular complexity index is 1850. The predicted octanol–water partition coefficient (Wildman–Crippen LogP) is 2.70. The molecule has 0 radical (unpaired) electrons. The molecule has 20 heteroatoms. The largest absolute Gasteiger partial charge is 0.397 e. The molecule has 0 aromatic heterocycles. The molecule has 0 aliphatic carbocycles. The van der Waals surface area contributed by atoms with Crippen molar-refractivity contribution in [1.82, 2.24) is 0 Å². The fourth-order valence-corrected chi connectivity index (χ4v) is 5.09. The highest BCUT2D eigenvalue weighted by molar-refractivity contribution is 7.91. The molecule has 0 saturated carbocycles. The lowest BCUT2D eigenvalue weighted by Gasteiger charge is -2.10. The van der Waals surface area contributed by atoms with E-state index in [1.165, 1.54) is 66.7 Å². The van der Waals surface area contributed by atoms with Crippen molar-refractivity contribution in [3.05, 3.63) is 72.3 Å². The number of nitrogens with one attached hydrogen (secondary N) is 3. The lowest BCUT2D eigenvalue weighted by atomic mass is 10.2. The van der Waals surface area contributed by atoms with Gasteiger partial charge in [0.05, 0.1) is 28.6 Å². The summed E-state index contributed by atoms with van der Waals surface area (Å²) in [5.74, 6) is -2.00. The van der Waals surface area contributed by atoms with Gasteiger partial charge in [0.2, 0.25) is 0 Å². The van der Waals surface area contributed by atoms with E-state index in [-0.39, 0.29) is 33.2 Å². The lowest BCUT2D eigenvalue weighted by Crippen LogP contribution is -2.19. The standard InChI is InChI=1S/C23H24N6O11S3/c24-23(31)27-21-13-18(25-14-42(34,35)36)7-10-20(21)29-28-17-3-1-15(2-4-17)22(30)26-16-5-8-19(9-6-16)41(32,33)12-11-40-43(37,38)39/h1-10,13,25H,11-12,14H2,(H,26,30)(H3,24,27,31)(H,34,35,36)(H,37,38,39)/b29-28+. The van der Waals surface area contributed by atoms with E-state index >= 15 is 0 Å². The van der Waals surface area contributed by atoms with Crippen molar-refractivity contribution in [2.45, 2.75) is 4.90 Å². The predicted molar refractivity (Wildman–Crippen MR) is 154 cm³/mol. The van der Waals surface area contributed by atoms with Crippen LogP contribution in [0.25, 0.3) is 0 Å². The first-order valence-electron chi connectivity index (χ1n) is 11.7. The van der Waals surface area contributed by atoms with E-state index in [0.29, 0.717) is 5.69 Å². The van der Waals surface area contributed by atoms with Gasteiger partial charge in [0.25, 0.3) is 16.0 Å². The van der Waals surface area contributed by atoms with E-state index < -0.39 is 60.5 Å². The summed E-state index contributed by atoms with van der Waals surface area (Å²) >= 11 is 0. The number of nitrogens with zero attached hydrogens (tertiary/aromatic N) is 2. The highest BCUT2D eigenvalue weighted by atomic mass is 32.3. The van der Waals surface area contributed by atoms with Gasteiger partial charge in [-0.3, -0.25) is 13.9 Å². The first-order chi connectivity index (χ1) is 20.0. The third-order valence-electron chi connectivity index (χ3n) is 5.17. The number of azo groups is 1. The summed E-state index contributed by atoms with van der Waals surface area (Å²) in [6.07, 6.45) is 0. The van der Waals surface area contributed by atoms with Crippen LogP contribution in [0.1, 0.15) is 10.4 Å². The Labute approximate surface area is 245 Å². The van der Waals surface area contributed by atoms with Crippen LogP contribution < -0.4 is 21.7 Å². The Morgan fingerprint density at radius 2 is 1.44 bits per heavy atom. The molecule has 0 aliphatic heterocycles. The number of carbonyl (C=O) groups is 2. The van der Waals surface area contributed by atoms with Gasteiger partial charge in [-0.05, 0) is 66.7 Å². The summed E-state index contributed by atoms with van der Waals surface area (Å²) in [5, 5.41) is 15.5. The summed E-state index contributed by atoms with van der Waals surface area (Å²) in [5.41, 5.74) is 6.48. The molecule has 7 N–H and O–H groups in total. The smallest absolute Gasteiger partial charge is 0.370 e. The maximum Gasteiger partial charge on any atom is 0.397 e. The molecule has 43 heavy (non-hydrogen) atoms. The van der Waals surface area contributed by atoms with Crippen molar-refractivity contribution in [1.29, 1.82) is 0 Å². The third kappa shape index (κ3) is 11.0. The van der Waals surface area contributed by atoms with Crippen molar-refractivity contribution in [3.63, 3.8) is 0 Å². The summed E-state index contributed by atoms with van der Waals surface area (Å²) < 4.78 is 89.0. The summed E-state index contributed by atoms with van der Waals surface area (Å²) in [6.45, 7) is -0.774. The van der Waals surface area contributed by atoms with Gasteiger partial charge in [-0.15, -0.1) is 5.11 Å². The Kier molecular flexibility index (Phi) is 10.5. The van der Waals surface area contributed by atoms with Crippen LogP contribution in [0.4, 0.5) is 33.2 Å². The summed E-state index contributed by atoms with van der Waals surface area (Å²) in [6, 6.07) is 14.2. The fraction of sp³-hybridized carbons (Fsp3) is 0.130. The SMILES string of the molecule is NC(=O)Nc1cc(NCS(=O)(=O)O)ccc1/N=N/c1ccc(C(=O)Nc2ccc(S(=O)(=O)CCOS(=O)(=O)O)cc2)cc1. The molecule has 0 bridgehead atoms. The topological polar surface area (TPSA) is 273 Å². The Morgan fingerprint density at radius 3 is 2.02 bits per heavy atom. The maximum atomic E-state index is 12.6. The molecular formula is C23H24N6O11S3. The molecule has 0 heterocycles. The van der Waals surface area contributed by atoms with Crippen LogP contribution in [0.3, 0.4) is 0 Å². The van der Waals surface area contributed by atoms with E-state index in [9.17, 15) is 34.8 Å². The van der Waals surface area contributed by atoms with Gasteiger partial charge in [0.1, 0.15) is 11.6 Å². The second-order valence-electron chi connectivity index (χ2n) is 8.42. The number of sulfone groups is 1. The van der Waals surface area contributed by atoms with Crippen LogP contribution in [0.15, 0.2) is 81.9 Å². The third-order valence-corrected chi connectivity index (χ3v) is 7.84. The summed E-state index contributed by atoms with van der Waals surface area (Å²) in [7, 11) is -13.0. The molecule has 0 saturated heterocycles. The highest BCUT2D eigenvalue weighted by Crippen LogP contribution is 2.30. The first-order valence-corrected chi connectivity index (χ1v) is 16.3. The van der Waals surface area contributed by atoms with Crippen molar-refractivity contribution in [3.8, 4) is 0 Å². The molecule has 3 aromatic rings. The van der Waals surface area contributed by atoms with Crippen molar-refractivity contribution >= 4 is 70.7 Å². The fourth-order valence-electron chi connectivity index (χ4n) is 3.25. The lowest BCUT2D eigenvalue weighted by molar-refractivity contribution is 0.102. The number of benzene rings is 3. The molecule has 3 aromatic carbocycles. The van der Waals surface area contributed by atoms with Gasteiger partial charge in [0, 0.05) is 16.9 Å². The summed E-state index contributed by atoms with van der Waals surface area (Å²) in [4.78, 5) is 23.8. The molecular weight excluding hydrogens is 632 g/mol. The monoisotopic (exact) mass is 656 g/mol. The van der Waals surface area contributed by atoms with Crippen LogP contribution >= 0.6 is 0 Å². The minimum atomic E-state index is -4.77. The number of amides is 3. The van der Waals surface area contributed by atoms with Gasteiger partial charge in [-0.25, -0.2) is 17.4 Å². The number of anilines is 3. The van der Waals surface area contributed by atoms with Gasteiger partial charge in [-0.1, -0.05) is 0 Å². The molecule has 230 valence electrons. The molecule has 0 unspecified atom stereocenters. The number of carbonyl (C=O) groups excluding carboxylic acids is 2. The van der Waals surface area contributed by atoms with Crippen molar-refractivity contribution in [2.75, 3.05) is 34.2 Å². The molecule has 0 atom stereocenters. The first kappa shape index (κ1) is 33.0. The number of urea groups is 1. The van der Waals surface area contributed by atoms with Crippen LogP contribution in [0.5, 0.6) is 0 Å². The Morgan fingerprint density at radius 1 is 0.814 bits per heavy atom. The zero-order valence-electron chi connectivity index (χ0n) is 21.7. The molecule has 3 rings (SSSR count). The van der Waals surface area contributed by atoms with Gasteiger partial charge in [-0.2, -0.15) is 21.9 Å². The quantitative estimate of drug-likeness (QED) is 0.114. The van der Waals surface area contributed by atoms with E-state index in [0.717, 1.165) is 0 Å². The second-order valence-corrected chi connectivity index (χ2v) is 13.1. The van der Waals surface area contributed by atoms with Crippen LogP contribution in [-0.2, 0) is 34.5 Å². The molecule has 17 nitrogen and oxygen atoms in total. The van der Waals surface area contributed by atoms with Gasteiger partial charge < -0.3 is 21.7 Å². The molecule has 0 aliphatic rings. The molecule has 0 fully saturated rings. The van der Waals surface area contributed by atoms with Gasteiger partial charge >= 0.3 is 16.4 Å². The number of nitrogens with two attached hydrogens (primary N) is 1. The van der Waals surface area contributed by atoms with Crippen LogP contribution in [0.2, 0.25) is 0 Å². The molecule has 0 spiro atoms. The zero-order chi connectivity index (χ0) is 31.8. The number of hydrogen-bond donors (Lipinski definition) is 6. The average molecular weight is 657 g/mol. The highest BCUT2D eigenvalue weighted by Gasteiger charge is 2.17. The van der Waals surface area contributed by atoms with Crippen molar-refractivity contribution < 1.29 is 48.1 Å². The van der Waals surface area contributed by atoms with Crippen LogP contribution in [-0.4, -0.2) is 64.5 Å². The van der Waals surface area contributed by atoms with E-state index in [1.807, 2.05) is 0 Å². The van der Waals surface area contributed by atoms with E-state index in [4.69, 9.17) is 14.8 Å². The minimum Gasteiger partial charge on any atom is -0.370 e. The Balaban J connectivity index is 1.65. The second kappa shape index (κ2) is 13.7. The van der Waals surface area contributed by atoms with Crippen molar-refractivity contribution in [2.24, 2.45) is 16.0 Å².